The van der Waals surface area contributed by atoms with Crippen LogP contribution < -0.4 is 11.1 Å². The van der Waals surface area contributed by atoms with Crippen LogP contribution in [0.25, 0.3) is 10.9 Å². The summed E-state index contributed by atoms with van der Waals surface area (Å²) in [7, 11) is 2.04. The van der Waals surface area contributed by atoms with Gasteiger partial charge in [-0.2, -0.15) is 0 Å². The van der Waals surface area contributed by atoms with E-state index in [9.17, 15) is 0 Å². The summed E-state index contributed by atoms with van der Waals surface area (Å²) in [5.41, 5.74) is 9.57. The first kappa shape index (κ1) is 11.6. The van der Waals surface area contributed by atoms with Gasteiger partial charge in [-0.25, -0.2) is 4.98 Å². The summed E-state index contributed by atoms with van der Waals surface area (Å²) in [4.78, 5) is 4.44. The van der Waals surface area contributed by atoms with Crippen LogP contribution in [0.15, 0.2) is 42.6 Å². The summed E-state index contributed by atoms with van der Waals surface area (Å²) in [5, 5.41) is 4.53. The molecule has 0 saturated carbocycles. The fraction of sp³-hybridized carbons (Fsp3) is 0.133. The third kappa shape index (κ3) is 2.01. The fourth-order valence-corrected chi connectivity index (χ4v) is 2.22. The second kappa shape index (κ2) is 4.31. The number of nitrogens with two attached hydrogens (primary N) is 1. The first-order valence-corrected chi connectivity index (χ1v) is 6.19. The van der Waals surface area contributed by atoms with E-state index in [4.69, 9.17) is 5.73 Å². The van der Waals surface area contributed by atoms with E-state index in [0.717, 1.165) is 17.2 Å². The van der Waals surface area contributed by atoms with Crippen molar-refractivity contribution in [2.75, 3.05) is 11.1 Å². The zero-order valence-electron chi connectivity index (χ0n) is 11.0. The van der Waals surface area contributed by atoms with Gasteiger partial charge in [0.05, 0.1) is 17.1 Å². The highest BCUT2D eigenvalue weighted by molar-refractivity contribution is 5.94. The average molecular weight is 252 g/mol. The first-order chi connectivity index (χ1) is 9.15. The lowest BCUT2D eigenvalue weighted by Crippen LogP contribution is -1.97. The Morgan fingerprint density at radius 2 is 1.95 bits per heavy atom. The van der Waals surface area contributed by atoms with Crippen LogP contribution in [0.3, 0.4) is 0 Å². The molecule has 0 saturated heterocycles. The van der Waals surface area contributed by atoms with Crippen molar-refractivity contribution in [3.8, 4) is 0 Å². The van der Waals surface area contributed by atoms with Crippen molar-refractivity contribution in [1.82, 2.24) is 9.55 Å². The van der Waals surface area contributed by atoms with Gasteiger partial charge < -0.3 is 15.6 Å². The molecule has 2 heterocycles. The molecule has 0 aliphatic heterocycles. The maximum absolute atomic E-state index is 5.78. The summed E-state index contributed by atoms with van der Waals surface area (Å²) < 4.78 is 2.10. The molecular formula is C15H16N4. The van der Waals surface area contributed by atoms with Gasteiger partial charge in [0, 0.05) is 24.1 Å². The van der Waals surface area contributed by atoms with Crippen LogP contribution in [0.4, 0.5) is 17.2 Å². The molecule has 19 heavy (non-hydrogen) atoms. The molecule has 0 bridgehead atoms. The second-order valence-electron chi connectivity index (χ2n) is 4.67. The molecule has 96 valence electrons. The monoisotopic (exact) mass is 252 g/mol. The maximum atomic E-state index is 5.78. The smallest absolute Gasteiger partial charge is 0.130 e. The summed E-state index contributed by atoms with van der Waals surface area (Å²) in [6, 6.07) is 12.0. The number of fused-ring (bicyclic) bond motifs is 1. The van der Waals surface area contributed by atoms with E-state index in [-0.39, 0.29) is 0 Å². The van der Waals surface area contributed by atoms with E-state index in [0.29, 0.717) is 5.69 Å². The van der Waals surface area contributed by atoms with Crippen LogP contribution in [-0.2, 0) is 7.05 Å². The Morgan fingerprint density at radius 1 is 1.16 bits per heavy atom. The van der Waals surface area contributed by atoms with Crippen LogP contribution in [0.5, 0.6) is 0 Å². The van der Waals surface area contributed by atoms with Crippen molar-refractivity contribution >= 4 is 28.1 Å². The number of benzene rings is 1. The second-order valence-corrected chi connectivity index (χ2v) is 4.67. The molecule has 0 aliphatic carbocycles. The van der Waals surface area contributed by atoms with Crippen LogP contribution in [-0.4, -0.2) is 9.55 Å². The Kier molecular flexibility index (Phi) is 2.63. The molecule has 4 nitrogen and oxygen atoms in total. The van der Waals surface area contributed by atoms with E-state index in [1.807, 2.05) is 38.2 Å². The largest absolute Gasteiger partial charge is 0.397 e. The Morgan fingerprint density at radius 3 is 2.74 bits per heavy atom. The minimum Gasteiger partial charge on any atom is -0.397 e. The first-order valence-electron chi connectivity index (χ1n) is 6.19. The number of hydrogen-bond acceptors (Lipinski definition) is 3. The summed E-state index contributed by atoms with van der Waals surface area (Å²) in [6.45, 7) is 1.91. The molecule has 3 aromatic rings. The fourth-order valence-electron chi connectivity index (χ4n) is 2.22. The lowest BCUT2D eigenvalue weighted by Gasteiger charge is -2.06. The van der Waals surface area contributed by atoms with Gasteiger partial charge in [-0.3, -0.25) is 0 Å². The quantitative estimate of drug-likeness (QED) is 0.736. The van der Waals surface area contributed by atoms with Crippen molar-refractivity contribution in [3.05, 3.63) is 48.3 Å². The average Bonchev–Trinajstić information content (AvgIpc) is 2.72. The minimum atomic E-state index is 0.712. The summed E-state index contributed by atoms with van der Waals surface area (Å²) >= 11 is 0. The van der Waals surface area contributed by atoms with Gasteiger partial charge in [0.2, 0.25) is 0 Å². The normalized spacial score (nSPS) is 10.8. The third-order valence-corrected chi connectivity index (χ3v) is 3.29. The molecule has 3 rings (SSSR count). The van der Waals surface area contributed by atoms with Crippen molar-refractivity contribution in [2.24, 2.45) is 7.05 Å². The molecule has 3 N–H and O–H groups in total. The van der Waals surface area contributed by atoms with Crippen LogP contribution in [0, 0.1) is 6.92 Å². The van der Waals surface area contributed by atoms with Gasteiger partial charge in [-0.05, 0) is 25.1 Å². The number of aryl methyl sites for hydroxylation is 2. The zero-order valence-corrected chi connectivity index (χ0v) is 11.0. The van der Waals surface area contributed by atoms with Crippen molar-refractivity contribution < 1.29 is 0 Å². The van der Waals surface area contributed by atoms with Crippen molar-refractivity contribution in [1.29, 1.82) is 0 Å². The van der Waals surface area contributed by atoms with Crippen molar-refractivity contribution in [3.63, 3.8) is 0 Å². The highest BCUT2D eigenvalue weighted by atomic mass is 15.0. The number of pyridine rings is 1. The number of hydrogen-bond donors (Lipinski definition) is 2. The Balaban J connectivity index is 2.03. The number of rotatable bonds is 2. The van der Waals surface area contributed by atoms with E-state index in [1.165, 1.54) is 10.9 Å². The van der Waals surface area contributed by atoms with E-state index >= 15 is 0 Å². The van der Waals surface area contributed by atoms with E-state index < -0.39 is 0 Å². The molecule has 0 fully saturated rings. The highest BCUT2D eigenvalue weighted by Gasteiger charge is 2.06. The number of anilines is 3. The predicted octanol–water partition coefficient (Wildman–Crippen LogP) is 3.21. The molecule has 0 unspecified atom stereocenters. The maximum Gasteiger partial charge on any atom is 0.130 e. The highest BCUT2D eigenvalue weighted by Crippen LogP contribution is 2.27. The Bertz CT molecular complexity index is 743. The van der Waals surface area contributed by atoms with Crippen LogP contribution in [0.1, 0.15) is 5.69 Å². The summed E-state index contributed by atoms with van der Waals surface area (Å²) in [6.07, 6.45) is 2.07. The van der Waals surface area contributed by atoms with E-state index in [2.05, 4.69) is 33.2 Å². The molecular weight excluding hydrogens is 236 g/mol. The van der Waals surface area contributed by atoms with Crippen LogP contribution in [0.2, 0.25) is 0 Å². The molecule has 1 aromatic carbocycles. The van der Waals surface area contributed by atoms with Gasteiger partial charge in [-0.1, -0.05) is 18.2 Å². The Hall–Kier alpha value is -2.49. The van der Waals surface area contributed by atoms with Gasteiger partial charge >= 0.3 is 0 Å². The van der Waals surface area contributed by atoms with Gasteiger partial charge in [0.15, 0.2) is 0 Å². The molecule has 4 heteroatoms. The molecule has 0 atom stereocenters. The summed E-state index contributed by atoms with van der Waals surface area (Å²) in [5.74, 6) is 0.808. The predicted molar refractivity (Wildman–Crippen MR) is 79.6 cm³/mol. The number of nitrogens with zero attached hydrogens (tertiary/aromatic N) is 2. The Labute approximate surface area is 111 Å². The zero-order chi connectivity index (χ0) is 13.4. The molecule has 0 aliphatic rings. The SMILES string of the molecule is Cc1nc(Nc2cn(C)c3ccccc23)ccc1N. The molecule has 2 aromatic heterocycles. The minimum absolute atomic E-state index is 0.712. The molecule has 0 amide bonds. The number of para-hydroxylation sites is 1. The number of nitrogens with one attached hydrogen (secondary N) is 1. The number of aromatic nitrogens is 2. The van der Waals surface area contributed by atoms with Gasteiger partial charge in [-0.15, -0.1) is 0 Å². The third-order valence-electron chi connectivity index (χ3n) is 3.29. The number of nitrogen functional groups attached to an aromatic ring is 1. The molecule has 0 radical (unpaired) electrons. The molecule has 0 spiro atoms. The van der Waals surface area contributed by atoms with E-state index in [1.54, 1.807) is 0 Å². The lowest BCUT2D eigenvalue weighted by atomic mass is 10.2. The standard InChI is InChI=1S/C15H16N4/c1-10-12(16)7-8-15(17-10)18-13-9-19(2)14-6-4-3-5-11(13)14/h3-9H,16H2,1-2H3,(H,17,18). The lowest BCUT2D eigenvalue weighted by molar-refractivity contribution is 0.970. The van der Waals surface area contributed by atoms with Gasteiger partial charge in [0.25, 0.3) is 0 Å². The van der Waals surface area contributed by atoms with Crippen molar-refractivity contribution in [2.45, 2.75) is 6.92 Å². The topological polar surface area (TPSA) is 55.9 Å². The van der Waals surface area contributed by atoms with Gasteiger partial charge in [0.1, 0.15) is 5.82 Å². The van der Waals surface area contributed by atoms with Crippen LogP contribution >= 0.6 is 0 Å².